The first kappa shape index (κ1) is 18.5. The molecule has 1 aromatic carbocycles. The predicted octanol–water partition coefficient (Wildman–Crippen LogP) is 2.31. The molecule has 0 saturated heterocycles. The molecule has 25 heavy (non-hydrogen) atoms. The third-order valence-corrected chi connectivity index (χ3v) is 3.73. The van der Waals surface area contributed by atoms with Crippen LogP contribution in [0.25, 0.3) is 0 Å². The summed E-state index contributed by atoms with van der Waals surface area (Å²) in [5.74, 6) is -0.311. The molecule has 0 aliphatic heterocycles. The molecule has 0 amide bonds. The first-order chi connectivity index (χ1) is 11.8. The Morgan fingerprint density at radius 2 is 2.08 bits per heavy atom. The second kappa shape index (κ2) is 7.81. The smallest absolute Gasteiger partial charge is 0.269 e. The average molecular weight is 364 g/mol. The number of aromatic nitrogens is 2. The lowest BCUT2D eigenvalue weighted by molar-refractivity contribution is -0.384. The number of nitrogens with one attached hydrogen (secondary N) is 1. The van der Waals surface area contributed by atoms with Gasteiger partial charge in [0.05, 0.1) is 29.5 Å². The molecule has 0 aliphatic rings. The average Bonchev–Trinajstić information content (AvgIpc) is 2.54. The molecule has 0 radical (unpaired) electrons. The van der Waals surface area contributed by atoms with Crippen LogP contribution in [0.15, 0.2) is 34.1 Å². The number of rotatable bonds is 6. The minimum Gasteiger partial charge on any atom is -0.494 e. The summed E-state index contributed by atoms with van der Waals surface area (Å²) in [7, 11) is 1.51. The second-order valence-corrected chi connectivity index (χ2v) is 5.46. The van der Waals surface area contributed by atoms with Gasteiger partial charge in [-0.2, -0.15) is 0 Å². The molecular weight excluding hydrogens is 348 g/mol. The van der Waals surface area contributed by atoms with E-state index in [1.165, 1.54) is 35.9 Å². The lowest BCUT2D eigenvalue weighted by Gasteiger charge is -2.12. The van der Waals surface area contributed by atoms with Crippen molar-refractivity contribution in [3.63, 3.8) is 0 Å². The van der Waals surface area contributed by atoms with E-state index in [1.807, 2.05) is 0 Å². The van der Waals surface area contributed by atoms with Crippen LogP contribution in [0.2, 0.25) is 0 Å². The van der Waals surface area contributed by atoms with Crippen LogP contribution >= 0.6 is 12.2 Å². The number of non-ortho nitro benzene ring substituents is 1. The van der Waals surface area contributed by atoms with Gasteiger partial charge in [0.15, 0.2) is 4.77 Å². The molecule has 0 saturated carbocycles. The van der Waals surface area contributed by atoms with Crippen molar-refractivity contribution >= 4 is 29.3 Å². The summed E-state index contributed by atoms with van der Waals surface area (Å²) < 4.78 is 6.37. The molecule has 0 bridgehead atoms. The Hall–Kier alpha value is -2.85. The summed E-state index contributed by atoms with van der Waals surface area (Å²) in [6, 6.07) is 5.52. The lowest BCUT2D eigenvalue weighted by atomic mass is 10.2. The molecule has 2 N–H and O–H groups in total. The van der Waals surface area contributed by atoms with Crippen molar-refractivity contribution in [2.24, 2.45) is 4.99 Å². The third-order valence-electron chi connectivity index (χ3n) is 3.41. The van der Waals surface area contributed by atoms with Crippen LogP contribution in [0.1, 0.15) is 12.5 Å². The van der Waals surface area contributed by atoms with Crippen LogP contribution in [0, 0.1) is 14.9 Å². The van der Waals surface area contributed by atoms with Crippen molar-refractivity contribution in [3.05, 3.63) is 55.1 Å². The normalized spacial score (nSPS) is 11.5. The highest BCUT2D eigenvalue weighted by atomic mass is 32.1. The molecule has 1 heterocycles. The lowest BCUT2D eigenvalue weighted by Crippen LogP contribution is -2.22. The largest absolute Gasteiger partial charge is 0.494 e. The Kier molecular flexibility index (Phi) is 5.78. The summed E-state index contributed by atoms with van der Waals surface area (Å²) >= 11 is 5.04. The van der Waals surface area contributed by atoms with Gasteiger partial charge >= 0.3 is 0 Å². The Labute approximate surface area is 147 Å². The van der Waals surface area contributed by atoms with Gasteiger partial charge in [0.25, 0.3) is 11.2 Å². The zero-order valence-corrected chi connectivity index (χ0v) is 14.4. The monoisotopic (exact) mass is 364 g/mol. The first-order valence-electron chi connectivity index (χ1n) is 7.20. The quantitative estimate of drug-likeness (QED) is 0.351. The number of benzene rings is 1. The van der Waals surface area contributed by atoms with E-state index >= 15 is 0 Å². The zero-order valence-electron chi connectivity index (χ0n) is 13.6. The van der Waals surface area contributed by atoms with Gasteiger partial charge in [0.2, 0.25) is 5.88 Å². The summed E-state index contributed by atoms with van der Waals surface area (Å²) in [4.78, 5) is 29.0. The van der Waals surface area contributed by atoms with Crippen LogP contribution in [-0.4, -0.2) is 39.0 Å². The molecule has 0 unspecified atom stereocenters. The number of aromatic amines is 1. The number of nitro benzene ring substituents is 1. The van der Waals surface area contributed by atoms with E-state index in [0.717, 1.165) is 0 Å². The highest BCUT2D eigenvalue weighted by molar-refractivity contribution is 7.71. The fourth-order valence-corrected chi connectivity index (χ4v) is 2.44. The van der Waals surface area contributed by atoms with Gasteiger partial charge in [0.1, 0.15) is 5.56 Å². The van der Waals surface area contributed by atoms with E-state index in [2.05, 4.69) is 9.98 Å². The fraction of sp³-hybridized carbons (Fsp3) is 0.267. The first-order valence-corrected chi connectivity index (χ1v) is 7.61. The highest BCUT2D eigenvalue weighted by Gasteiger charge is 2.15. The van der Waals surface area contributed by atoms with Crippen molar-refractivity contribution in [3.8, 4) is 5.88 Å². The van der Waals surface area contributed by atoms with E-state index in [-0.39, 0.29) is 34.2 Å². The van der Waals surface area contributed by atoms with Crippen molar-refractivity contribution in [1.82, 2.24) is 9.55 Å². The van der Waals surface area contributed by atoms with Crippen molar-refractivity contribution in [2.75, 3.05) is 13.7 Å². The van der Waals surface area contributed by atoms with Gasteiger partial charge in [-0.25, -0.2) is 0 Å². The number of hydrogen-bond donors (Lipinski definition) is 2. The summed E-state index contributed by atoms with van der Waals surface area (Å²) in [6.45, 7) is 2.11. The van der Waals surface area contributed by atoms with Gasteiger partial charge in [-0.3, -0.25) is 29.5 Å². The maximum atomic E-state index is 12.2. The number of nitro groups is 1. The fourth-order valence-electron chi connectivity index (χ4n) is 2.17. The Bertz CT molecular complexity index is 930. The van der Waals surface area contributed by atoms with Crippen molar-refractivity contribution in [2.45, 2.75) is 13.5 Å². The number of aliphatic imine (C=N–C) groups is 1. The van der Waals surface area contributed by atoms with Gasteiger partial charge in [-0.15, -0.1) is 0 Å². The number of ether oxygens (including phenoxy) is 1. The maximum Gasteiger partial charge on any atom is 0.269 e. The molecule has 2 rings (SSSR count). The minimum absolute atomic E-state index is 0.0249. The minimum atomic E-state index is -0.570. The molecule has 0 fully saturated rings. The molecule has 0 aliphatic carbocycles. The van der Waals surface area contributed by atoms with Crippen molar-refractivity contribution < 1.29 is 14.8 Å². The molecule has 0 atom stereocenters. The summed E-state index contributed by atoms with van der Waals surface area (Å²) in [6.07, 6.45) is 0. The van der Waals surface area contributed by atoms with Gasteiger partial charge < -0.3 is 9.84 Å². The molecular formula is C15H16N4O5S. The Morgan fingerprint density at radius 3 is 2.64 bits per heavy atom. The van der Waals surface area contributed by atoms with Crippen LogP contribution < -0.4 is 5.56 Å². The van der Waals surface area contributed by atoms with Crippen LogP contribution in [0.3, 0.4) is 0 Å². The zero-order chi connectivity index (χ0) is 18.6. The van der Waals surface area contributed by atoms with Crippen LogP contribution in [0.5, 0.6) is 5.88 Å². The second-order valence-electron chi connectivity index (χ2n) is 5.07. The molecule has 1 aromatic heterocycles. The number of methoxy groups -OCH3 is 1. The summed E-state index contributed by atoms with van der Waals surface area (Å²) in [5, 5.41) is 21.1. The predicted molar refractivity (Wildman–Crippen MR) is 94.4 cm³/mol. The molecule has 0 spiro atoms. The Balaban J connectivity index is 2.47. The van der Waals surface area contributed by atoms with Crippen LogP contribution in [0.4, 0.5) is 11.4 Å². The van der Waals surface area contributed by atoms with E-state index in [9.17, 15) is 20.0 Å². The topological polar surface area (TPSA) is 123 Å². The van der Waals surface area contributed by atoms with E-state index < -0.39 is 10.5 Å². The van der Waals surface area contributed by atoms with Gasteiger partial charge in [0, 0.05) is 19.2 Å². The highest BCUT2D eigenvalue weighted by Crippen LogP contribution is 2.21. The molecule has 10 heteroatoms. The molecule has 9 nitrogen and oxygen atoms in total. The van der Waals surface area contributed by atoms with Crippen LogP contribution in [-0.2, 0) is 11.3 Å². The van der Waals surface area contributed by atoms with E-state index in [0.29, 0.717) is 12.3 Å². The number of H-pyrrole nitrogens is 1. The Morgan fingerprint density at radius 1 is 1.44 bits per heavy atom. The van der Waals surface area contributed by atoms with E-state index in [4.69, 9.17) is 17.0 Å². The summed E-state index contributed by atoms with van der Waals surface area (Å²) in [5.41, 5.74) is -0.00545. The van der Waals surface area contributed by atoms with Gasteiger partial charge in [-0.05, 0) is 31.3 Å². The number of aromatic hydroxyl groups is 1. The third kappa shape index (κ3) is 4.17. The van der Waals surface area contributed by atoms with Crippen molar-refractivity contribution in [1.29, 1.82) is 0 Å². The standard InChI is InChI=1S/C15H16N4O5S/c1-9(16-10-3-5-11(6-4-10)19(22)23)12-13(20)17-15(25)18(14(12)21)7-8-24-2/h3-6,21H,7-8H2,1-2H3,(H,17,20,25). The number of hydrogen-bond acceptors (Lipinski definition) is 7. The molecule has 132 valence electrons. The van der Waals surface area contributed by atoms with E-state index in [1.54, 1.807) is 6.92 Å². The number of nitrogens with zero attached hydrogens (tertiary/aromatic N) is 3. The SMILES string of the molecule is COCCn1c(O)c(C(C)=Nc2ccc([N+](=O)[O-])cc2)c(=O)[nH]c1=S. The van der Waals surface area contributed by atoms with Gasteiger partial charge in [-0.1, -0.05) is 0 Å². The molecule has 2 aromatic rings. The maximum absolute atomic E-state index is 12.2.